The highest BCUT2D eigenvalue weighted by molar-refractivity contribution is 6.34. The van der Waals surface area contributed by atoms with Crippen molar-refractivity contribution in [2.24, 2.45) is 5.92 Å². The minimum Gasteiger partial charge on any atom is -0.453 e. The molecule has 1 aliphatic carbocycles. The Hall–Kier alpha value is -4.51. The highest BCUT2D eigenvalue weighted by atomic mass is 35.5. The van der Waals surface area contributed by atoms with Gasteiger partial charge in [-0.3, -0.25) is 14.4 Å². The van der Waals surface area contributed by atoms with Crippen molar-refractivity contribution in [3.05, 3.63) is 83.2 Å². The average Bonchev–Trinajstić information content (AvgIpc) is 3.74. The smallest absolute Gasteiger partial charge is 0.265 e. The van der Waals surface area contributed by atoms with E-state index in [0.29, 0.717) is 18.6 Å². The second-order valence-corrected chi connectivity index (χ2v) is 9.22. The molecule has 3 amide bonds. The van der Waals surface area contributed by atoms with Crippen molar-refractivity contribution in [2.45, 2.75) is 12.8 Å². The Kier molecular flexibility index (Phi) is 8.40. The summed E-state index contributed by atoms with van der Waals surface area (Å²) in [5.74, 6) is -2.77. The van der Waals surface area contributed by atoms with Crippen molar-refractivity contribution in [3.8, 4) is 11.5 Å². The molecular weight excluding hydrogens is 532 g/mol. The fourth-order valence-electron chi connectivity index (χ4n) is 3.56. The molecule has 4 rings (SSSR count). The summed E-state index contributed by atoms with van der Waals surface area (Å²) < 4.78 is 33.7. The standard InChI is InChI=1S/C27H24ClF2N5O4/c1-34(19-7-4-17(29)5-8-19)27(38)20(14-35(15-36)13-16-2-3-16)26(37)33-18-6-9-22(21(30)12-18)39-23-10-11-32-25(31)24(23)28/h4-12,14-16H,2-3,13H2,1H3,(H2,31,32)(H,33,37)/b20-14-. The number of pyridine rings is 1. The molecule has 0 saturated heterocycles. The molecule has 202 valence electrons. The van der Waals surface area contributed by atoms with Crippen LogP contribution in [0, 0.1) is 17.6 Å². The van der Waals surface area contributed by atoms with E-state index in [0.717, 1.165) is 30.0 Å². The van der Waals surface area contributed by atoms with Gasteiger partial charge in [0.2, 0.25) is 6.41 Å². The Bertz CT molecular complexity index is 1430. The Morgan fingerprint density at radius 1 is 1.15 bits per heavy atom. The van der Waals surface area contributed by atoms with Crippen LogP contribution >= 0.6 is 11.6 Å². The van der Waals surface area contributed by atoms with E-state index in [2.05, 4.69) is 10.3 Å². The van der Waals surface area contributed by atoms with Crippen LogP contribution in [-0.4, -0.2) is 41.7 Å². The normalized spacial score (nSPS) is 13.0. The zero-order valence-electron chi connectivity index (χ0n) is 20.7. The maximum Gasteiger partial charge on any atom is 0.265 e. The van der Waals surface area contributed by atoms with E-state index in [-0.39, 0.29) is 39.5 Å². The number of benzene rings is 2. The van der Waals surface area contributed by atoms with Crippen molar-refractivity contribution in [2.75, 3.05) is 29.5 Å². The van der Waals surface area contributed by atoms with E-state index in [1.165, 1.54) is 60.6 Å². The lowest BCUT2D eigenvalue weighted by Gasteiger charge is -2.21. The van der Waals surface area contributed by atoms with Gasteiger partial charge in [0, 0.05) is 49.5 Å². The minimum atomic E-state index is -0.880. The summed E-state index contributed by atoms with van der Waals surface area (Å²) in [6.07, 6.45) is 4.91. The van der Waals surface area contributed by atoms with Crippen molar-refractivity contribution >= 4 is 47.0 Å². The third kappa shape index (κ3) is 6.88. The lowest BCUT2D eigenvalue weighted by atomic mass is 10.2. The van der Waals surface area contributed by atoms with Gasteiger partial charge in [0.05, 0.1) is 0 Å². The van der Waals surface area contributed by atoms with E-state index in [9.17, 15) is 23.2 Å². The highest BCUT2D eigenvalue weighted by Crippen LogP contribution is 2.34. The molecule has 1 aromatic heterocycles. The Morgan fingerprint density at radius 3 is 2.51 bits per heavy atom. The molecule has 0 aliphatic heterocycles. The summed E-state index contributed by atoms with van der Waals surface area (Å²) in [6, 6.07) is 10.1. The monoisotopic (exact) mass is 555 g/mol. The molecule has 1 aliphatic rings. The molecule has 1 heterocycles. The zero-order chi connectivity index (χ0) is 28.1. The van der Waals surface area contributed by atoms with E-state index in [4.69, 9.17) is 22.1 Å². The number of hydrogen-bond donors (Lipinski definition) is 2. The number of carbonyl (C=O) groups excluding carboxylic acids is 3. The van der Waals surface area contributed by atoms with E-state index >= 15 is 0 Å². The fourth-order valence-corrected chi connectivity index (χ4v) is 3.71. The molecule has 0 unspecified atom stereocenters. The summed E-state index contributed by atoms with van der Waals surface area (Å²) in [5, 5.41) is 2.49. The van der Waals surface area contributed by atoms with Crippen LogP contribution < -0.4 is 20.7 Å². The topological polar surface area (TPSA) is 118 Å². The number of rotatable bonds is 10. The molecule has 3 aromatic rings. The minimum absolute atomic E-state index is 0.0128. The van der Waals surface area contributed by atoms with Crippen molar-refractivity contribution in [3.63, 3.8) is 0 Å². The van der Waals surface area contributed by atoms with Crippen molar-refractivity contribution < 1.29 is 27.9 Å². The van der Waals surface area contributed by atoms with Gasteiger partial charge in [0.25, 0.3) is 11.8 Å². The maximum atomic E-state index is 14.8. The number of amides is 3. The van der Waals surface area contributed by atoms with Crippen LogP contribution in [0.2, 0.25) is 5.02 Å². The Balaban J connectivity index is 1.57. The van der Waals surface area contributed by atoms with Crippen LogP contribution in [-0.2, 0) is 14.4 Å². The molecule has 0 spiro atoms. The van der Waals surface area contributed by atoms with Gasteiger partial charge in [0.1, 0.15) is 22.2 Å². The number of aromatic nitrogens is 1. The largest absolute Gasteiger partial charge is 0.453 e. The predicted octanol–water partition coefficient (Wildman–Crippen LogP) is 4.74. The van der Waals surface area contributed by atoms with Gasteiger partial charge in [-0.15, -0.1) is 0 Å². The molecule has 0 bridgehead atoms. The van der Waals surface area contributed by atoms with Crippen LogP contribution in [0.3, 0.4) is 0 Å². The lowest BCUT2D eigenvalue weighted by molar-refractivity contribution is -0.119. The quantitative estimate of drug-likeness (QED) is 0.161. The van der Waals surface area contributed by atoms with E-state index < -0.39 is 23.4 Å². The zero-order valence-corrected chi connectivity index (χ0v) is 21.5. The van der Waals surface area contributed by atoms with E-state index in [1.54, 1.807) is 0 Å². The number of likely N-dealkylation sites (N-methyl/N-ethyl adjacent to an activating group) is 1. The molecule has 3 N–H and O–H groups in total. The molecule has 39 heavy (non-hydrogen) atoms. The number of hydrogen-bond acceptors (Lipinski definition) is 6. The maximum absolute atomic E-state index is 14.8. The van der Waals surface area contributed by atoms with Gasteiger partial charge >= 0.3 is 0 Å². The first-order valence-corrected chi connectivity index (χ1v) is 12.2. The molecule has 12 heteroatoms. The van der Waals surface area contributed by atoms with E-state index in [1.807, 2.05) is 0 Å². The molecule has 0 radical (unpaired) electrons. The number of ether oxygens (including phenoxy) is 1. The molecule has 9 nitrogen and oxygen atoms in total. The number of nitrogens with one attached hydrogen (secondary N) is 1. The first kappa shape index (κ1) is 27.5. The summed E-state index contributed by atoms with van der Waals surface area (Å²) >= 11 is 6.04. The van der Waals surface area contributed by atoms with Gasteiger partial charge in [0.15, 0.2) is 17.3 Å². The first-order chi connectivity index (χ1) is 18.7. The summed E-state index contributed by atoms with van der Waals surface area (Å²) in [7, 11) is 1.41. The van der Waals surface area contributed by atoms with Crippen LogP contribution in [0.5, 0.6) is 11.5 Å². The average molecular weight is 556 g/mol. The van der Waals surface area contributed by atoms with Crippen molar-refractivity contribution in [1.82, 2.24) is 9.88 Å². The molecule has 1 fully saturated rings. The van der Waals surface area contributed by atoms with Gasteiger partial charge in [-0.1, -0.05) is 11.6 Å². The number of halogens is 3. The van der Waals surface area contributed by atoms with Gasteiger partial charge < -0.3 is 25.6 Å². The third-order valence-corrected chi connectivity index (χ3v) is 6.26. The molecular formula is C27H24ClF2N5O4. The fraction of sp³-hybridized carbons (Fsp3) is 0.185. The second-order valence-electron chi connectivity index (χ2n) is 8.84. The van der Waals surface area contributed by atoms with Crippen molar-refractivity contribution in [1.29, 1.82) is 0 Å². The van der Waals surface area contributed by atoms with Gasteiger partial charge in [-0.05, 0) is 55.2 Å². The van der Waals surface area contributed by atoms with Crippen LogP contribution in [0.4, 0.5) is 26.0 Å². The predicted molar refractivity (Wildman–Crippen MR) is 142 cm³/mol. The van der Waals surface area contributed by atoms with Gasteiger partial charge in [-0.2, -0.15) is 0 Å². The number of nitrogen functional groups attached to an aromatic ring is 1. The van der Waals surface area contributed by atoms with Crippen LogP contribution in [0.25, 0.3) is 0 Å². The Labute approximate surface area is 227 Å². The number of nitrogens with zero attached hydrogens (tertiary/aromatic N) is 3. The van der Waals surface area contributed by atoms with Crippen LogP contribution in [0.15, 0.2) is 66.5 Å². The molecule has 2 aromatic carbocycles. The van der Waals surface area contributed by atoms with Crippen LogP contribution in [0.1, 0.15) is 12.8 Å². The molecule has 0 atom stereocenters. The number of nitrogens with two attached hydrogens (primary N) is 1. The highest BCUT2D eigenvalue weighted by Gasteiger charge is 2.27. The summed E-state index contributed by atoms with van der Waals surface area (Å²) in [4.78, 5) is 44.4. The first-order valence-electron chi connectivity index (χ1n) is 11.8. The second kappa shape index (κ2) is 11.9. The summed E-state index contributed by atoms with van der Waals surface area (Å²) in [5.41, 5.74) is 5.60. The lowest BCUT2D eigenvalue weighted by Crippen LogP contribution is -2.35. The van der Waals surface area contributed by atoms with Gasteiger partial charge in [-0.25, -0.2) is 13.8 Å². The third-order valence-electron chi connectivity index (χ3n) is 5.88. The number of carbonyl (C=O) groups is 3. The number of anilines is 3. The molecule has 1 saturated carbocycles. The SMILES string of the molecule is CN(C(=O)/C(=C\N(C=O)CC1CC1)C(=O)Nc1ccc(Oc2ccnc(N)c2Cl)c(F)c1)c1ccc(F)cc1. The summed E-state index contributed by atoms with van der Waals surface area (Å²) in [6.45, 7) is 0.344. The Morgan fingerprint density at radius 2 is 1.87 bits per heavy atom.